The summed E-state index contributed by atoms with van der Waals surface area (Å²) in [7, 11) is 0. The zero-order chi connectivity index (χ0) is 13.9. The van der Waals surface area contributed by atoms with E-state index in [9.17, 15) is 15.0 Å². The van der Waals surface area contributed by atoms with Crippen LogP contribution in [0.4, 0.5) is 0 Å². The summed E-state index contributed by atoms with van der Waals surface area (Å²) >= 11 is 0. The van der Waals surface area contributed by atoms with E-state index in [0.29, 0.717) is 25.0 Å². The molecule has 0 aromatic carbocycles. The van der Waals surface area contributed by atoms with Crippen LogP contribution in [-0.2, 0) is 4.79 Å². The number of carbonyl (C=O) groups is 1. The minimum Gasteiger partial charge on any atom is -0.467 e. The Hall–Kier alpha value is -1.33. The van der Waals surface area contributed by atoms with E-state index in [2.05, 4.69) is 5.32 Å². The zero-order valence-electron chi connectivity index (χ0n) is 11.1. The van der Waals surface area contributed by atoms with Crippen LogP contribution >= 0.6 is 0 Å². The second-order valence-electron chi connectivity index (χ2n) is 5.38. The van der Waals surface area contributed by atoms with Gasteiger partial charge in [0.25, 0.3) is 5.91 Å². The van der Waals surface area contributed by atoms with Gasteiger partial charge < -0.3 is 19.9 Å². The van der Waals surface area contributed by atoms with Crippen molar-refractivity contribution >= 4 is 5.91 Å². The van der Waals surface area contributed by atoms with Gasteiger partial charge >= 0.3 is 0 Å². The Bertz CT molecular complexity index is 409. The largest absolute Gasteiger partial charge is 0.467 e. The third-order valence-corrected chi connectivity index (χ3v) is 3.68. The lowest BCUT2D eigenvalue weighted by molar-refractivity contribution is -0.140. The van der Waals surface area contributed by atoms with Crippen LogP contribution in [0.25, 0.3) is 0 Å². The number of hydrogen-bond acceptors (Lipinski definition) is 4. The van der Waals surface area contributed by atoms with E-state index in [1.165, 1.54) is 6.26 Å². The first-order chi connectivity index (χ1) is 9.01. The maximum absolute atomic E-state index is 12.0. The quantitative estimate of drug-likeness (QED) is 0.755. The monoisotopic (exact) mass is 267 g/mol. The average Bonchev–Trinajstić information content (AvgIpc) is 2.99. The van der Waals surface area contributed by atoms with Gasteiger partial charge in [0.1, 0.15) is 17.5 Å². The van der Waals surface area contributed by atoms with Crippen molar-refractivity contribution in [1.29, 1.82) is 0 Å². The van der Waals surface area contributed by atoms with Crippen molar-refractivity contribution in [2.75, 3.05) is 0 Å². The number of carbonyl (C=O) groups excluding carboxylic acids is 1. The molecule has 1 aliphatic carbocycles. The molecule has 2 atom stereocenters. The normalized spacial score (nSPS) is 21.0. The van der Waals surface area contributed by atoms with Crippen LogP contribution < -0.4 is 5.32 Å². The lowest BCUT2D eigenvalue weighted by Gasteiger charge is -2.24. The number of amides is 1. The number of hydrogen-bond donors (Lipinski definition) is 3. The first-order valence-electron chi connectivity index (χ1n) is 6.76. The average molecular weight is 267 g/mol. The summed E-state index contributed by atoms with van der Waals surface area (Å²) in [5, 5.41) is 22.8. The molecule has 2 rings (SSSR count). The molecule has 0 spiro atoms. The molecular formula is C14H21NO4. The molecule has 0 saturated heterocycles. The smallest absolute Gasteiger partial charge is 0.252 e. The van der Waals surface area contributed by atoms with Gasteiger partial charge in [-0.05, 0) is 44.7 Å². The van der Waals surface area contributed by atoms with Crippen LogP contribution in [0.2, 0.25) is 0 Å². The van der Waals surface area contributed by atoms with E-state index in [4.69, 9.17) is 4.42 Å². The van der Waals surface area contributed by atoms with E-state index >= 15 is 0 Å². The lowest BCUT2D eigenvalue weighted by Crippen LogP contribution is -2.48. The predicted molar refractivity (Wildman–Crippen MR) is 69.3 cm³/mol. The number of rotatable bonds is 5. The Morgan fingerprint density at radius 1 is 1.53 bits per heavy atom. The number of furan rings is 1. The zero-order valence-corrected chi connectivity index (χ0v) is 11.1. The second kappa shape index (κ2) is 5.75. The molecule has 106 valence electrons. The number of aliphatic hydroxyl groups is 2. The molecule has 1 heterocycles. The van der Waals surface area contributed by atoms with Gasteiger partial charge in [0.05, 0.1) is 6.26 Å². The summed E-state index contributed by atoms with van der Waals surface area (Å²) < 4.78 is 5.11. The van der Waals surface area contributed by atoms with Crippen molar-refractivity contribution < 1.29 is 19.4 Å². The minimum atomic E-state index is -1.22. The van der Waals surface area contributed by atoms with Crippen LogP contribution in [0, 0.1) is 0 Å². The summed E-state index contributed by atoms with van der Waals surface area (Å²) in [6, 6.07) is 3.18. The van der Waals surface area contributed by atoms with Crippen LogP contribution in [0.15, 0.2) is 22.8 Å². The SMILES string of the molecule is CC(CC(O)c1ccco1)NC(=O)C1(O)CCCC1. The Morgan fingerprint density at radius 2 is 2.21 bits per heavy atom. The second-order valence-corrected chi connectivity index (χ2v) is 5.38. The molecular weight excluding hydrogens is 246 g/mol. The summed E-state index contributed by atoms with van der Waals surface area (Å²) in [4.78, 5) is 12.0. The van der Waals surface area contributed by atoms with Crippen LogP contribution in [0.5, 0.6) is 0 Å². The summed E-state index contributed by atoms with van der Waals surface area (Å²) in [5.41, 5.74) is -1.22. The van der Waals surface area contributed by atoms with Crippen LogP contribution in [0.1, 0.15) is 50.9 Å². The van der Waals surface area contributed by atoms with Crippen molar-refractivity contribution in [3.8, 4) is 0 Å². The van der Waals surface area contributed by atoms with Crippen molar-refractivity contribution in [3.05, 3.63) is 24.2 Å². The summed E-state index contributed by atoms with van der Waals surface area (Å²) in [5.74, 6) is 0.157. The van der Waals surface area contributed by atoms with E-state index in [0.717, 1.165) is 12.8 Å². The van der Waals surface area contributed by atoms with E-state index in [1.54, 1.807) is 12.1 Å². The maximum atomic E-state index is 12.0. The predicted octanol–water partition coefficient (Wildman–Crippen LogP) is 1.51. The topological polar surface area (TPSA) is 82.7 Å². The van der Waals surface area contributed by atoms with Crippen LogP contribution in [0.3, 0.4) is 0 Å². The van der Waals surface area contributed by atoms with Crippen molar-refractivity contribution in [2.24, 2.45) is 0 Å². The molecule has 1 aromatic rings. The molecule has 5 heteroatoms. The highest BCUT2D eigenvalue weighted by atomic mass is 16.4. The van der Waals surface area contributed by atoms with E-state index < -0.39 is 11.7 Å². The van der Waals surface area contributed by atoms with E-state index in [1.807, 2.05) is 6.92 Å². The fraction of sp³-hybridized carbons (Fsp3) is 0.643. The number of nitrogens with one attached hydrogen (secondary N) is 1. The van der Waals surface area contributed by atoms with Gasteiger partial charge in [-0.15, -0.1) is 0 Å². The molecule has 2 unspecified atom stereocenters. The van der Waals surface area contributed by atoms with Gasteiger partial charge in [-0.25, -0.2) is 0 Å². The fourth-order valence-corrected chi connectivity index (χ4v) is 2.54. The molecule has 0 aliphatic heterocycles. The molecule has 1 aromatic heterocycles. The van der Waals surface area contributed by atoms with Gasteiger partial charge in [0, 0.05) is 12.5 Å². The first kappa shape index (κ1) is 14.1. The molecule has 5 nitrogen and oxygen atoms in total. The standard InChI is InChI=1S/C14H21NO4/c1-10(9-11(16)12-5-4-8-19-12)15-13(17)14(18)6-2-3-7-14/h4-5,8,10-11,16,18H,2-3,6-7,9H2,1H3,(H,15,17). The van der Waals surface area contributed by atoms with Crippen molar-refractivity contribution in [3.63, 3.8) is 0 Å². The first-order valence-corrected chi connectivity index (χ1v) is 6.76. The molecule has 1 aliphatic rings. The molecule has 0 radical (unpaired) electrons. The number of aliphatic hydroxyl groups excluding tert-OH is 1. The van der Waals surface area contributed by atoms with Crippen molar-refractivity contribution in [1.82, 2.24) is 5.32 Å². The Balaban J connectivity index is 1.84. The molecule has 1 amide bonds. The van der Waals surface area contributed by atoms with Gasteiger partial charge in [-0.3, -0.25) is 4.79 Å². The highest BCUT2D eigenvalue weighted by molar-refractivity contribution is 5.85. The Morgan fingerprint density at radius 3 is 2.79 bits per heavy atom. The summed E-state index contributed by atoms with van der Waals surface area (Å²) in [6.45, 7) is 1.81. The lowest BCUT2D eigenvalue weighted by atomic mass is 10.0. The highest BCUT2D eigenvalue weighted by Crippen LogP contribution is 2.30. The van der Waals surface area contributed by atoms with Gasteiger partial charge in [-0.1, -0.05) is 0 Å². The molecule has 3 N–H and O–H groups in total. The molecule has 0 bridgehead atoms. The maximum Gasteiger partial charge on any atom is 0.252 e. The van der Waals surface area contributed by atoms with Crippen LogP contribution in [-0.4, -0.2) is 27.8 Å². The van der Waals surface area contributed by atoms with E-state index in [-0.39, 0.29) is 11.9 Å². The van der Waals surface area contributed by atoms with Crippen molar-refractivity contribution in [2.45, 2.75) is 56.8 Å². The fourth-order valence-electron chi connectivity index (χ4n) is 2.54. The van der Waals surface area contributed by atoms with Gasteiger partial charge in [0.2, 0.25) is 0 Å². The third-order valence-electron chi connectivity index (χ3n) is 3.68. The Labute approximate surface area is 112 Å². The third kappa shape index (κ3) is 3.36. The molecule has 19 heavy (non-hydrogen) atoms. The van der Waals surface area contributed by atoms with Gasteiger partial charge in [-0.2, -0.15) is 0 Å². The molecule has 1 saturated carbocycles. The Kier molecular flexibility index (Phi) is 4.27. The molecule has 1 fully saturated rings. The highest BCUT2D eigenvalue weighted by Gasteiger charge is 2.39. The summed E-state index contributed by atoms with van der Waals surface area (Å²) in [6.07, 6.45) is 3.92. The minimum absolute atomic E-state index is 0.225. The van der Waals surface area contributed by atoms with Gasteiger partial charge in [0.15, 0.2) is 0 Å².